The number of rotatable bonds is 6. The SMILES string of the molecule is CN(CCCCOC(=O)C(C)(C)C)[SH](=O)=O. The summed E-state index contributed by atoms with van der Waals surface area (Å²) in [5.74, 6) is -0.226. The first-order chi connectivity index (χ1) is 7.25. The second-order valence-corrected chi connectivity index (χ2v) is 5.87. The van der Waals surface area contributed by atoms with E-state index < -0.39 is 16.3 Å². The van der Waals surface area contributed by atoms with Gasteiger partial charge in [-0.25, -0.2) is 12.7 Å². The number of hydrogen-bond acceptors (Lipinski definition) is 4. The Kier molecular flexibility index (Phi) is 6.59. The van der Waals surface area contributed by atoms with Crippen molar-refractivity contribution in [3.8, 4) is 0 Å². The van der Waals surface area contributed by atoms with Crippen LogP contribution >= 0.6 is 0 Å². The Labute approximate surface area is 98.9 Å². The molecule has 0 fully saturated rings. The molecule has 0 rings (SSSR count). The molecule has 0 spiro atoms. The zero-order chi connectivity index (χ0) is 12.8. The topological polar surface area (TPSA) is 63.7 Å². The maximum Gasteiger partial charge on any atom is 0.311 e. The van der Waals surface area contributed by atoms with Gasteiger partial charge in [0.25, 0.3) is 0 Å². The van der Waals surface area contributed by atoms with Crippen LogP contribution in [0, 0.1) is 5.41 Å². The van der Waals surface area contributed by atoms with Crippen molar-refractivity contribution in [2.24, 2.45) is 5.41 Å². The summed E-state index contributed by atoms with van der Waals surface area (Å²) < 4.78 is 27.3. The number of thiol groups is 1. The van der Waals surface area contributed by atoms with Gasteiger partial charge in [0.2, 0.25) is 10.9 Å². The molecule has 0 amide bonds. The first kappa shape index (κ1) is 15.4. The molecule has 0 aliphatic rings. The predicted octanol–water partition coefficient (Wildman–Crippen LogP) is 0.814. The standard InChI is InChI=1S/C10H21NO4S/c1-10(2,3)9(12)15-8-6-5-7-11(4)16(13)14/h16H,5-8H2,1-4H3. The molecule has 0 heterocycles. The van der Waals surface area contributed by atoms with Gasteiger partial charge < -0.3 is 4.74 Å². The summed E-state index contributed by atoms with van der Waals surface area (Å²) in [7, 11) is -0.967. The Morgan fingerprint density at radius 3 is 2.25 bits per heavy atom. The summed E-state index contributed by atoms with van der Waals surface area (Å²) in [6, 6.07) is 0. The fourth-order valence-corrected chi connectivity index (χ4v) is 1.21. The molecule has 96 valence electrons. The van der Waals surface area contributed by atoms with Gasteiger partial charge in [0.05, 0.1) is 12.0 Å². The van der Waals surface area contributed by atoms with E-state index in [1.165, 1.54) is 11.4 Å². The zero-order valence-corrected chi connectivity index (χ0v) is 11.3. The third-order valence-electron chi connectivity index (χ3n) is 2.00. The average Bonchev–Trinajstić information content (AvgIpc) is 2.14. The van der Waals surface area contributed by atoms with Crippen LogP contribution in [0.3, 0.4) is 0 Å². The Morgan fingerprint density at radius 2 is 1.81 bits per heavy atom. The van der Waals surface area contributed by atoms with E-state index in [-0.39, 0.29) is 5.97 Å². The summed E-state index contributed by atoms with van der Waals surface area (Å²) in [6.45, 7) is 6.20. The molecule has 0 radical (unpaired) electrons. The van der Waals surface area contributed by atoms with Crippen LogP contribution in [0.15, 0.2) is 0 Å². The molecule has 16 heavy (non-hydrogen) atoms. The van der Waals surface area contributed by atoms with Crippen molar-refractivity contribution in [1.29, 1.82) is 0 Å². The Morgan fingerprint density at radius 1 is 1.25 bits per heavy atom. The van der Waals surface area contributed by atoms with Gasteiger partial charge in [-0.3, -0.25) is 4.79 Å². The van der Waals surface area contributed by atoms with Crippen LogP contribution in [-0.2, 0) is 20.4 Å². The maximum absolute atomic E-state index is 11.3. The highest BCUT2D eigenvalue weighted by Gasteiger charge is 2.22. The number of hydrogen-bond donors (Lipinski definition) is 1. The minimum Gasteiger partial charge on any atom is -0.465 e. The van der Waals surface area contributed by atoms with Crippen LogP contribution in [0.2, 0.25) is 0 Å². The lowest BCUT2D eigenvalue weighted by atomic mass is 9.97. The van der Waals surface area contributed by atoms with Crippen molar-refractivity contribution in [3.05, 3.63) is 0 Å². The first-order valence-electron chi connectivity index (χ1n) is 5.28. The predicted molar refractivity (Wildman–Crippen MR) is 62.6 cm³/mol. The van der Waals surface area contributed by atoms with Crippen LogP contribution in [0.4, 0.5) is 0 Å². The number of carbonyl (C=O) groups excluding carboxylic acids is 1. The van der Waals surface area contributed by atoms with E-state index in [9.17, 15) is 13.2 Å². The smallest absolute Gasteiger partial charge is 0.311 e. The molecule has 0 unspecified atom stereocenters. The van der Waals surface area contributed by atoms with Gasteiger partial charge in [-0.2, -0.15) is 0 Å². The third-order valence-corrected chi connectivity index (χ3v) is 2.76. The van der Waals surface area contributed by atoms with Gasteiger partial charge in [-0.05, 0) is 33.6 Å². The van der Waals surface area contributed by atoms with Gasteiger partial charge in [0.15, 0.2) is 0 Å². The van der Waals surface area contributed by atoms with Crippen molar-refractivity contribution >= 4 is 16.9 Å². The molecule has 0 bridgehead atoms. The molecule has 0 aromatic rings. The van der Waals surface area contributed by atoms with Gasteiger partial charge >= 0.3 is 5.97 Å². The molecule has 0 atom stereocenters. The largest absolute Gasteiger partial charge is 0.465 e. The third kappa shape index (κ3) is 6.79. The van der Waals surface area contributed by atoms with Crippen LogP contribution < -0.4 is 0 Å². The summed E-state index contributed by atoms with van der Waals surface area (Å²) in [5, 5.41) is 0. The van der Waals surface area contributed by atoms with E-state index in [4.69, 9.17) is 4.74 Å². The fourth-order valence-electron chi connectivity index (χ4n) is 0.906. The van der Waals surface area contributed by atoms with E-state index >= 15 is 0 Å². The van der Waals surface area contributed by atoms with Crippen molar-refractivity contribution in [3.63, 3.8) is 0 Å². The normalized spacial score (nSPS) is 12.1. The Balaban J connectivity index is 3.59. The minimum atomic E-state index is -2.49. The number of nitrogens with zero attached hydrogens (tertiary/aromatic N) is 1. The quantitative estimate of drug-likeness (QED) is 0.431. The molecule has 0 aromatic carbocycles. The molecule has 0 aromatic heterocycles. The van der Waals surface area contributed by atoms with E-state index in [0.717, 1.165) is 0 Å². The molecular weight excluding hydrogens is 230 g/mol. The van der Waals surface area contributed by atoms with Crippen molar-refractivity contribution in [1.82, 2.24) is 4.31 Å². The molecule has 5 nitrogen and oxygen atoms in total. The van der Waals surface area contributed by atoms with Crippen molar-refractivity contribution in [2.75, 3.05) is 20.2 Å². The van der Waals surface area contributed by atoms with Gasteiger partial charge in [0, 0.05) is 13.6 Å². The van der Waals surface area contributed by atoms with Gasteiger partial charge in [-0.1, -0.05) is 0 Å². The second-order valence-electron chi connectivity index (χ2n) is 4.71. The highest BCUT2D eigenvalue weighted by molar-refractivity contribution is 7.69. The first-order valence-corrected chi connectivity index (χ1v) is 6.41. The minimum absolute atomic E-state index is 0.226. The molecule has 6 heteroatoms. The number of unbranched alkanes of at least 4 members (excludes halogenated alkanes) is 1. The lowest BCUT2D eigenvalue weighted by Gasteiger charge is -2.16. The van der Waals surface area contributed by atoms with E-state index in [1.807, 2.05) is 0 Å². The maximum atomic E-state index is 11.3. The Hall–Kier alpha value is -0.620. The summed E-state index contributed by atoms with van der Waals surface area (Å²) >= 11 is 0. The van der Waals surface area contributed by atoms with Crippen molar-refractivity contribution < 1.29 is 17.9 Å². The molecule has 0 saturated carbocycles. The van der Waals surface area contributed by atoms with E-state index in [0.29, 0.717) is 26.0 Å². The van der Waals surface area contributed by atoms with Crippen LogP contribution in [0.5, 0.6) is 0 Å². The monoisotopic (exact) mass is 251 g/mol. The number of carbonyl (C=O) groups is 1. The van der Waals surface area contributed by atoms with Crippen LogP contribution in [0.25, 0.3) is 0 Å². The number of esters is 1. The van der Waals surface area contributed by atoms with Gasteiger partial charge in [-0.15, -0.1) is 0 Å². The molecule has 0 aliphatic heterocycles. The summed E-state index contributed by atoms with van der Waals surface area (Å²) in [5.41, 5.74) is -0.477. The van der Waals surface area contributed by atoms with Crippen LogP contribution in [0.1, 0.15) is 33.6 Å². The second kappa shape index (κ2) is 6.85. The molecular formula is C10H21NO4S. The highest BCUT2D eigenvalue weighted by Crippen LogP contribution is 2.15. The lowest BCUT2D eigenvalue weighted by molar-refractivity contribution is -0.153. The molecule has 0 saturated heterocycles. The van der Waals surface area contributed by atoms with Crippen molar-refractivity contribution in [2.45, 2.75) is 33.6 Å². The highest BCUT2D eigenvalue weighted by atomic mass is 32.2. The fraction of sp³-hybridized carbons (Fsp3) is 0.900. The molecule has 0 N–H and O–H groups in total. The molecule has 0 aliphatic carbocycles. The average molecular weight is 251 g/mol. The zero-order valence-electron chi connectivity index (χ0n) is 10.4. The van der Waals surface area contributed by atoms with E-state index in [1.54, 1.807) is 20.8 Å². The lowest BCUT2D eigenvalue weighted by Crippen LogP contribution is -2.23. The van der Waals surface area contributed by atoms with Crippen LogP contribution in [-0.4, -0.2) is 38.9 Å². The Bertz CT molecular complexity index is 286. The van der Waals surface area contributed by atoms with E-state index in [2.05, 4.69) is 0 Å². The van der Waals surface area contributed by atoms with Gasteiger partial charge in [0.1, 0.15) is 0 Å². The number of ether oxygens (including phenoxy) is 1. The summed E-state index contributed by atoms with van der Waals surface area (Å²) in [6.07, 6.45) is 1.37. The summed E-state index contributed by atoms with van der Waals surface area (Å²) in [4.78, 5) is 11.3.